The number of nitrogens with one attached hydrogen (secondary N) is 1. The summed E-state index contributed by atoms with van der Waals surface area (Å²) in [4.78, 5) is 53.1. The van der Waals surface area contributed by atoms with Crippen LogP contribution in [0.5, 0.6) is 5.88 Å². The van der Waals surface area contributed by atoms with Crippen molar-refractivity contribution in [1.29, 1.82) is 0 Å². The number of fused-ring (bicyclic) bond motifs is 4. The van der Waals surface area contributed by atoms with Crippen LogP contribution in [0.25, 0.3) is 0 Å². The molecule has 0 saturated heterocycles. The third-order valence-electron chi connectivity index (χ3n) is 6.33. The van der Waals surface area contributed by atoms with E-state index < -0.39 is 23.4 Å². The zero-order valence-electron chi connectivity index (χ0n) is 21.3. The van der Waals surface area contributed by atoms with Crippen LogP contribution in [0.4, 0.5) is 0 Å². The molecule has 0 fully saturated rings. The number of amides is 1. The highest BCUT2D eigenvalue weighted by Crippen LogP contribution is 2.50. The average molecular weight is 499 g/mol. The zero-order chi connectivity index (χ0) is 26.3. The van der Waals surface area contributed by atoms with Crippen molar-refractivity contribution in [2.45, 2.75) is 71.8 Å². The van der Waals surface area contributed by atoms with Crippen molar-refractivity contribution in [3.63, 3.8) is 0 Å². The average Bonchev–Trinajstić information content (AvgIpc) is 2.81. The lowest BCUT2D eigenvalue weighted by atomic mass is 9.63. The van der Waals surface area contributed by atoms with Crippen LogP contribution in [0.15, 0.2) is 35.4 Å². The van der Waals surface area contributed by atoms with E-state index in [1.54, 1.807) is 19.9 Å². The molecule has 0 aliphatic heterocycles. The minimum atomic E-state index is -0.795. The minimum Gasteiger partial charge on any atom is -0.466 e. The SMILES string of the molecule is C/C=C1\C2C=C(C)CC1(NC(=O)CCC(=O)OCC)c1ccc(OC(=O)CCC(=O)OCC)nc1C2. The highest BCUT2D eigenvalue weighted by Gasteiger charge is 2.48. The van der Waals surface area contributed by atoms with E-state index in [2.05, 4.69) is 16.4 Å². The van der Waals surface area contributed by atoms with Gasteiger partial charge in [-0.25, -0.2) is 4.98 Å². The van der Waals surface area contributed by atoms with Gasteiger partial charge in [0.05, 0.1) is 43.7 Å². The highest BCUT2D eigenvalue weighted by atomic mass is 16.5. The Balaban J connectivity index is 1.83. The smallest absolute Gasteiger partial charge is 0.313 e. The number of ether oxygens (including phenoxy) is 3. The second kappa shape index (κ2) is 12.0. The number of carbonyl (C=O) groups is 4. The van der Waals surface area contributed by atoms with Crippen LogP contribution < -0.4 is 10.1 Å². The first kappa shape index (κ1) is 27.1. The van der Waals surface area contributed by atoms with Gasteiger partial charge >= 0.3 is 17.9 Å². The largest absolute Gasteiger partial charge is 0.466 e. The Hall–Kier alpha value is -3.49. The van der Waals surface area contributed by atoms with Gasteiger partial charge in [-0.1, -0.05) is 17.7 Å². The number of allylic oxidation sites excluding steroid dienone is 2. The molecular weight excluding hydrogens is 464 g/mol. The van der Waals surface area contributed by atoms with Crippen molar-refractivity contribution in [3.8, 4) is 5.88 Å². The number of aromatic nitrogens is 1. The summed E-state index contributed by atoms with van der Waals surface area (Å²) in [6, 6.07) is 3.44. The van der Waals surface area contributed by atoms with Crippen LogP contribution in [0.3, 0.4) is 0 Å². The molecule has 2 unspecified atom stereocenters. The number of carbonyl (C=O) groups excluding carboxylic acids is 4. The molecule has 1 heterocycles. The quantitative estimate of drug-likeness (QED) is 0.385. The molecule has 2 bridgehead atoms. The van der Waals surface area contributed by atoms with Gasteiger partial charge in [-0.15, -0.1) is 0 Å². The Morgan fingerprint density at radius 3 is 2.31 bits per heavy atom. The summed E-state index contributed by atoms with van der Waals surface area (Å²) in [5, 5.41) is 3.20. The number of hydrogen-bond acceptors (Lipinski definition) is 8. The lowest BCUT2D eigenvalue weighted by Crippen LogP contribution is -2.53. The molecule has 2 aliphatic rings. The van der Waals surface area contributed by atoms with Crippen LogP contribution in [0.2, 0.25) is 0 Å². The first-order valence-electron chi connectivity index (χ1n) is 12.4. The van der Waals surface area contributed by atoms with Gasteiger partial charge in [0.25, 0.3) is 0 Å². The molecule has 0 aromatic carbocycles. The Kier molecular flexibility index (Phi) is 9.01. The van der Waals surface area contributed by atoms with Crippen LogP contribution in [-0.4, -0.2) is 42.0 Å². The van der Waals surface area contributed by atoms with E-state index in [0.29, 0.717) is 12.8 Å². The number of hydrogen-bond donors (Lipinski definition) is 1. The van der Waals surface area contributed by atoms with Crippen LogP contribution in [-0.2, 0) is 40.6 Å². The van der Waals surface area contributed by atoms with Gasteiger partial charge in [0.1, 0.15) is 0 Å². The lowest BCUT2D eigenvalue weighted by molar-refractivity contribution is -0.146. The Morgan fingerprint density at radius 1 is 1.03 bits per heavy atom. The van der Waals surface area contributed by atoms with Crippen molar-refractivity contribution in [1.82, 2.24) is 10.3 Å². The van der Waals surface area contributed by atoms with Crippen molar-refractivity contribution in [2.24, 2.45) is 5.92 Å². The van der Waals surface area contributed by atoms with Crippen molar-refractivity contribution in [3.05, 3.63) is 46.7 Å². The zero-order valence-corrected chi connectivity index (χ0v) is 21.3. The highest BCUT2D eigenvalue weighted by molar-refractivity contribution is 5.83. The summed E-state index contributed by atoms with van der Waals surface area (Å²) >= 11 is 0. The molecule has 2 atom stereocenters. The first-order chi connectivity index (χ1) is 17.2. The fourth-order valence-corrected chi connectivity index (χ4v) is 5.04. The molecule has 1 amide bonds. The second-order valence-corrected chi connectivity index (χ2v) is 8.93. The molecule has 2 aliphatic carbocycles. The first-order valence-corrected chi connectivity index (χ1v) is 12.4. The standard InChI is InChI=1S/C27H34N2O7/c1-5-19-18-14-17(4)16-27(19,29-22(30)9-11-24(31)34-6-2)20-8-10-23(28-21(20)15-18)36-26(33)13-12-25(32)35-7-3/h5,8,10,14,18H,6-7,9,11-13,15-16H2,1-4H3,(H,29,30)/b19-5+. The van der Waals surface area contributed by atoms with E-state index in [0.717, 1.165) is 22.4 Å². The maximum Gasteiger partial charge on any atom is 0.313 e. The van der Waals surface area contributed by atoms with E-state index in [-0.39, 0.29) is 56.6 Å². The molecule has 0 spiro atoms. The summed E-state index contributed by atoms with van der Waals surface area (Å²) in [5.41, 5.74) is 3.00. The summed E-state index contributed by atoms with van der Waals surface area (Å²) in [5.74, 6) is -1.51. The monoisotopic (exact) mass is 498 g/mol. The van der Waals surface area contributed by atoms with Gasteiger partial charge in [-0.2, -0.15) is 0 Å². The molecule has 9 heteroatoms. The molecule has 0 radical (unpaired) electrons. The fraction of sp³-hybridized carbons (Fsp3) is 0.519. The Morgan fingerprint density at radius 2 is 1.67 bits per heavy atom. The van der Waals surface area contributed by atoms with E-state index in [1.165, 1.54) is 0 Å². The second-order valence-electron chi connectivity index (χ2n) is 8.93. The molecule has 36 heavy (non-hydrogen) atoms. The maximum absolute atomic E-state index is 13.0. The molecule has 0 saturated carbocycles. The molecule has 1 aromatic heterocycles. The maximum atomic E-state index is 13.0. The van der Waals surface area contributed by atoms with Gasteiger partial charge in [0.2, 0.25) is 11.8 Å². The third kappa shape index (κ3) is 6.19. The molecule has 1 N–H and O–H groups in total. The molecule has 3 rings (SSSR count). The van der Waals surface area contributed by atoms with Crippen molar-refractivity contribution >= 4 is 23.8 Å². The van der Waals surface area contributed by atoms with Crippen molar-refractivity contribution in [2.75, 3.05) is 13.2 Å². The fourth-order valence-electron chi connectivity index (χ4n) is 5.04. The number of pyridine rings is 1. The molecular formula is C27H34N2O7. The number of nitrogens with zero attached hydrogens (tertiary/aromatic N) is 1. The summed E-state index contributed by atoms with van der Waals surface area (Å²) in [6.07, 6.45) is 5.24. The van der Waals surface area contributed by atoms with E-state index in [4.69, 9.17) is 14.2 Å². The Labute approximate surface area is 211 Å². The third-order valence-corrected chi connectivity index (χ3v) is 6.33. The number of rotatable bonds is 10. The van der Waals surface area contributed by atoms with Gasteiger partial charge in [-0.3, -0.25) is 19.2 Å². The van der Waals surface area contributed by atoms with Gasteiger partial charge in [-0.05, 0) is 45.8 Å². The Bertz CT molecular complexity index is 1090. The lowest BCUT2D eigenvalue weighted by Gasteiger charge is -2.48. The van der Waals surface area contributed by atoms with E-state index >= 15 is 0 Å². The van der Waals surface area contributed by atoms with Gasteiger partial charge < -0.3 is 19.5 Å². The van der Waals surface area contributed by atoms with Crippen LogP contribution in [0.1, 0.15) is 71.1 Å². The molecule has 194 valence electrons. The molecule has 9 nitrogen and oxygen atoms in total. The predicted molar refractivity (Wildman–Crippen MR) is 131 cm³/mol. The summed E-state index contributed by atoms with van der Waals surface area (Å²) in [6.45, 7) is 7.95. The summed E-state index contributed by atoms with van der Waals surface area (Å²) in [7, 11) is 0. The normalized spacial score (nSPS) is 21.2. The van der Waals surface area contributed by atoms with E-state index in [1.807, 2.05) is 26.0 Å². The van der Waals surface area contributed by atoms with Gasteiger partial charge in [0.15, 0.2) is 0 Å². The van der Waals surface area contributed by atoms with Gasteiger partial charge in [0, 0.05) is 30.4 Å². The topological polar surface area (TPSA) is 121 Å². The number of esters is 3. The minimum absolute atomic E-state index is 0.00493. The summed E-state index contributed by atoms with van der Waals surface area (Å²) < 4.78 is 15.2. The predicted octanol–water partition coefficient (Wildman–Crippen LogP) is 3.45. The van der Waals surface area contributed by atoms with Crippen LogP contribution in [0, 0.1) is 5.92 Å². The van der Waals surface area contributed by atoms with Crippen LogP contribution >= 0.6 is 0 Å². The van der Waals surface area contributed by atoms with E-state index in [9.17, 15) is 19.2 Å². The van der Waals surface area contributed by atoms with Crippen molar-refractivity contribution < 1.29 is 33.4 Å². The molecule has 1 aromatic rings.